The van der Waals surface area contributed by atoms with Crippen LogP contribution in [0.25, 0.3) is 0 Å². The first-order chi connectivity index (χ1) is 17.8. The summed E-state index contributed by atoms with van der Waals surface area (Å²) < 4.78 is 16.9. The summed E-state index contributed by atoms with van der Waals surface area (Å²) in [5, 5.41) is 2.99. The molecule has 2 aromatic rings. The minimum atomic E-state index is -0.976. The van der Waals surface area contributed by atoms with Crippen molar-refractivity contribution in [3.63, 3.8) is 0 Å². The van der Waals surface area contributed by atoms with Crippen molar-refractivity contribution < 1.29 is 18.5 Å². The van der Waals surface area contributed by atoms with E-state index in [-0.39, 0.29) is 23.8 Å². The summed E-state index contributed by atoms with van der Waals surface area (Å²) in [7, 11) is 0.496. The highest BCUT2D eigenvalue weighted by Crippen LogP contribution is 2.40. The molecule has 8 heteroatoms. The first kappa shape index (κ1) is 27.5. The number of ether oxygens (including phenoxy) is 1. The number of methoxy groups -OCH3 is 1. The van der Waals surface area contributed by atoms with Gasteiger partial charge in [0.15, 0.2) is 0 Å². The summed E-state index contributed by atoms with van der Waals surface area (Å²) in [5.41, 5.74) is 3.74. The van der Waals surface area contributed by atoms with Crippen LogP contribution in [0.2, 0.25) is 0 Å². The average Bonchev–Trinajstić information content (AvgIpc) is 3.28. The standard InChI is InChI=1S/C29H39N3O4S/c1-5-37(35)25-12-8-20(9-13-25)15-31-28(33)23-14-24-18-32(27(19(2)3)26(24)30-16-23)17-21-6-10-22(11-7-21)29(34)36-4/h8-9,12-14,16,19,21-22,27H,5-7,10-11,15,17-18H2,1-4H3,(H,31,33)/t21?,22?,27-,37?/m0/s1. The van der Waals surface area contributed by atoms with Gasteiger partial charge in [0.2, 0.25) is 0 Å². The van der Waals surface area contributed by atoms with E-state index in [2.05, 4.69) is 24.1 Å². The minimum Gasteiger partial charge on any atom is -0.469 e. The third-order valence-corrected chi connectivity index (χ3v) is 9.04. The lowest BCUT2D eigenvalue weighted by molar-refractivity contribution is -0.146. The predicted molar refractivity (Wildman–Crippen MR) is 144 cm³/mol. The van der Waals surface area contributed by atoms with Crippen LogP contribution in [0.5, 0.6) is 0 Å². The molecule has 1 aliphatic heterocycles. The molecular weight excluding hydrogens is 486 g/mol. The number of aromatic nitrogens is 1. The van der Waals surface area contributed by atoms with Gasteiger partial charge in [-0.2, -0.15) is 0 Å². The maximum Gasteiger partial charge on any atom is 0.308 e. The minimum absolute atomic E-state index is 0.0407. The second-order valence-electron chi connectivity index (χ2n) is 10.6. The van der Waals surface area contributed by atoms with Gasteiger partial charge in [-0.3, -0.25) is 23.7 Å². The average molecular weight is 526 g/mol. The number of pyridine rings is 1. The topological polar surface area (TPSA) is 88.6 Å². The predicted octanol–water partition coefficient (Wildman–Crippen LogP) is 4.63. The first-order valence-corrected chi connectivity index (χ1v) is 14.7. The van der Waals surface area contributed by atoms with E-state index in [1.54, 1.807) is 6.20 Å². The van der Waals surface area contributed by atoms with Crippen molar-refractivity contribution in [1.29, 1.82) is 0 Å². The number of benzene rings is 1. The van der Waals surface area contributed by atoms with E-state index in [4.69, 9.17) is 9.72 Å². The summed E-state index contributed by atoms with van der Waals surface area (Å²) in [5.74, 6) is 1.38. The molecule has 7 nitrogen and oxygen atoms in total. The molecule has 1 unspecified atom stereocenters. The lowest BCUT2D eigenvalue weighted by Crippen LogP contribution is -2.33. The number of rotatable bonds is 9. The van der Waals surface area contributed by atoms with E-state index >= 15 is 0 Å². The zero-order valence-electron chi connectivity index (χ0n) is 22.4. The van der Waals surface area contributed by atoms with E-state index in [1.807, 2.05) is 37.3 Å². The molecule has 1 aliphatic carbocycles. The highest BCUT2D eigenvalue weighted by atomic mass is 32.2. The number of nitrogens with one attached hydrogen (secondary N) is 1. The zero-order valence-corrected chi connectivity index (χ0v) is 23.2. The highest BCUT2D eigenvalue weighted by Gasteiger charge is 2.36. The summed E-state index contributed by atoms with van der Waals surface area (Å²) >= 11 is 0. The van der Waals surface area contributed by atoms with E-state index in [9.17, 15) is 13.8 Å². The van der Waals surface area contributed by atoms with Crippen LogP contribution in [0, 0.1) is 17.8 Å². The van der Waals surface area contributed by atoms with Crippen LogP contribution >= 0.6 is 0 Å². The van der Waals surface area contributed by atoms with Gasteiger partial charge in [-0.25, -0.2) is 0 Å². The number of fused-ring (bicyclic) bond motifs is 1. The van der Waals surface area contributed by atoms with Crippen molar-refractivity contribution in [3.05, 3.63) is 58.9 Å². The van der Waals surface area contributed by atoms with Gasteiger partial charge in [0.1, 0.15) is 0 Å². The number of carbonyl (C=O) groups excluding carboxylic acids is 2. The molecule has 2 atom stereocenters. The Balaban J connectivity index is 1.37. The largest absolute Gasteiger partial charge is 0.469 e. The number of amides is 1. The Hall–Kier alpha value is -2.58. The Morgan fingerprint density at radius 2 is 1.86 bits per heavy atom. The summed E-state index contributed by atoms with van der Waals surface area (Å²) in [4.78, 5) is 32.9. The zero-order chi connectivity index (χ0) is 26.5. The quantitative estimate of drug-likeness (QED) is 0.480. The smallest absolute Gasteiger partial charge is 0.308 e. The van der Waals surface area contributed by atoms with Crippen LogP contribution in [0.3, 0.4) is 0 Å². The van der Waals surface area contributed by atoms with E-state index in [0.717, 1.165) is 60.5 Å². The van der Waals surface area contributed by atoms with Gasteiger partial charge >= 0.3 is 5.97 Å². The Kier molecular flexibility index (Phi) is 9.13. The van der Waals surface area contributed by atoms with Gasteiger partial charge in [-0.15, -0.1) is 0 Å². The molecule has 0 spiro atoms. The lowest BCUT2D eigenvalue weighted by atomic mass is 9.81. The monoisotopic (exact) mass is 525 g/mol. The molecule has 200 valence electrons. The van der Waals surface area contributed by atoms with Gasteiger partial charge < -0.3 is 10.1 Å². The van der Waals surface area contributed by atoms with Gasteiger partial charge in [-0.1, -0.05) is 32.9 Å². The molecule has 1 aromatic heterocycles. The second kappa shape index (κ2) is 12.3. The number of hydrogen-bond acceptors (Lipinski definition) is 6. The Labute approximate surface area is 222 Å². The van der Waals surface area contributed by atoms with E-state index in [0.29, 0.717) is 29.7 Å². The molecule has 1 N–H and O–H groups in total. The van der Waals surface area contributed by atoms with Gasteiger partial charge in [0.25, 0.3) is 5.91 Å². The summed E-state index contributed by atoms with van der Waals surface area (Å²) in [6.45, 7) is 8.53. The van der Waals surface area contributed by atoms with Crippen LogP contribution in [0.4, 0.5) is 0 Å². The fourth-order valence-electron chi connectivity index (χ4n) is 5.73. The maximum absolute atomic E-state index is 12.9. The van der Waals surface area contributed by atoms with Crippen LogP contribution < -0.4 is 5.32 Å². The Bertz CT molecular complexity index is 1130. The van der Waals surface area contributed by atoms with Crippen molar-refractivity contribution in [2.75, 3.05) is 19.4 Å². The normalized spacial score (nSPS) is 22.5. The maximum atomic E-state index is 12.9. The molecule has 1 saturated carbocycles. The van der Waals surface area contributed by atoms with Crippen LogP contribution in [-0.4, -0.2) is 45.4 Å². The third-order valence-electron chi connectivity index (χ3n) is 7.72. The fraction of sp³-hybridized carbons (Fsp3) is 0.552. The highest BCUT2D eigenvalue weighted by molar-refractivity contribution is 7.85. The Morgan fingerprint density at radius 3 is 2.49 bits per heavy atom. The Morgan fingerprint density at radius 1 is 1.16 bits per heavy atom. The van der Waals surface area contributed by atoms with Crippen molar-refractivity contribution >= 4 is 22.7 Å². The van der Waals surface area contributed by atoms with Crippen LogP contribution in [-0.2, 0) is 33.4 Å². The van der Waals surface area contributed by atoms with Crippen LogP contribution in [0.1, 0.15) is 79.7 Å². The van der Waals surface area contributed by atoms with Gasteiger partial charge in [0.05, 0.1) is 41.1 Å². The molecule has 0 bridgehead atoms. The molecule has 0 saturated heterocycles. The first-order valence-electron chi connectivity index (χ1n) is 13.4. The molecule has 2 aliphatic rings. The lowest BCUT2D eigenvalue weighted by Gasteiger charge is -2.34. The molecule has 1 amide bonds. The van der Waals surface area contributed by atoms with Crippen molar-refractivity contribution in [2.45, 2.75) is 70.5 Å². The van der Waals surface area contributed by atoms with Crippen molar-refractivity contribution in [3.8, 4) is 0 Å². The fourth-order valence-corrected chi connectivity index (χ4v) is 6.51. The number of esters is 1. The van der Waals surface area contributed by atoms with Crippen LogP contribution in [0.15, 0.2) is 41.4 Å². The molecule has 37 heavy (non-hydrogen) atoms. The SMILES string of the molecule is CCS(=O)c1ccc(CNC(=O)c2cnc3c(c2)CN(CC2CCC(C(=O)OC)CC2)[C@H]3C(C)C)cc1. The molecule has 1 aromatic carbocycles. The second-order valence-corrected chi connectivity index (χ2v) is 12.3. The molecule has 2 heterocycles. The molecule has 4 rings (SSSR count). The van der Waals surface area contributed by atoms with E-state index in [1.165, 1.54) is 7.11 Å². The van der Waals surface area contributed by atoms with Crippen molar-refractivity contribution in [2.24, 2.45) is 17.8 Å². The molecule has 1 fully saturated rings. The number of nitrogens with zero attached hydrogens (tertiary/aromatic N) is 2. The van der Waals surface area contributed by atoms with Gasteiger partial charge in [0, 0.05) is 36.5 Å². The number of carbonyl (C=O) groups is 2. The van der Waals surface area contributed by atoms with Crippen molar-refractivity contribution in [1.82, 2.24) is 15.2 Å². The number of hydrogen-bond donors (Lipinski definition) is 1. The van der Waals surface area contributed by atoms with Gasteiger partial charge in [-0.05, 0) is 66.8 Å². The van der Waals surface area contributed by atoms with E-state index < -0.39 is 10.8 Å². The molecular formula is C29H39N3O4S. The summed E-state index contributed by atoms with van der Waals surface area (Å²) in [6.07, 6.45) is 5.56. The summed E-state index contributed by atoms with van der Waals surface area (Å²) in [6, 6.07) is 9.77. The third kappa shape index (κ3) is 6.47. The molecule has 0 radical (unpaired) electrons.